The summed E-state index contributed by atoms with van der Waals surface area (Å²) in [5.41, 5.74) is -0.988. The van der Waals surface area contributed by atoms with Gasteiger partial charge in [-0.15, -0.1) is 10.2 Å². The van der Waals surface area contributed by atoms with Crippen molar-refractivity contribution in [1.29, 1.82) is 0 Å². The number of nitrogens with zero attached hydrogens (tertiary/aromatic N) is 2. The van der Waals surface area contributed by atoms with Crippen molar-refractivity contribution in [2.24, 2.45) is 5.92 Å². The second-order valence-corrected chi connectivity index (χ2v) is 4.25. The van der Waals surface area contributed by atoms with Crippen LogP contribution in [0.3, 0.4) is 0 Å². The zero-order chi connectivity index (χ0) is 13.0. The number of alkyl halides is 3. The van der Waals surface area contributed by atoms with E-state index in [1.165, 1.54) is 18.9 Å². The lowest BCUT2D eigenvalue weighted by molar-refractivity contribution is -0.141. The molecule has 1 aromatic rings. The second-order valence-electron chi connectivity index (χ2n) is 4.25. The topological polar surface area (TPSA) is 47.0 Å². The lowest BCUT2D eigenvalue weighted by atomic mass is 10.4. The molecular weight excluding hydrogens is 247 g/mol. The van der Waals surface area contributed by atoms with Gasteiger partial charge in [0.15, 0.2) is 5.69 Å². The van der Waals surface area contributed by atoms with Crippen LogP contribution in [0, 0.1) is 5.92 Å². The predicted molar refractivity (Wildman–Crippen MR) is 59.1 cm³/mol. The molecule has 1 aliphatic rings. The smallest absolute Gasteiger partial charge is 0.379 e. The van der Waals surface area contributed by atoms with E-state index < -0.39 is 11.9 Å². The SMILES string of the molecule is FC(F)(F)c1ccc(NCCOCC2CC2)nn1. The molecule has 0 saturated heterocycles. The van der Waals surface area contributed by atoms with Crippen LogP contribution >= 0.6 is 0 Å². The van der Waals surface area contributed by atoms with Crippen molar-refractivity contribution in [3.05, 3.63) is 17.8 Å². The summed E-state index contributed by atoms with van der Waals surface area (Å²) < 4.78 is 42.0. The molecule has 1 aromatic heterocycles. The third-order valence-electron chi connectivity index (χ3n) is 2.56. The van der Waals surface area contributed by atoms with Crippen molar-refractivity contribution in [3.63, 3.8) is 0 Å². The summed E-state index contributed by atoms with van der Waals surface area (Å²) in [6.07, 6.45) is -1.98. The Bertz CT molecular complexity index is 376. The van der Waals surface area contributed by atoms with Crippen LogP contribution in [0.15, 0.2) is 12.1 Å². The third-order valence-corrected chi connectivity index (χ3v) is 2.56. The first-order chi connectivity index (χ1) is 8.55. The number of anilines is 1. The van der Waals surface area contributed by atoms with Crippen molar-refractivity contribution in [2.45, 2.75) is 19.0 Å². The maximum absolute atomic E-state index is 12.2. The van der Waals surface area contributed by atoms with Gasteiger partial charge in [0.2, 0.25) is 0 Å². The summed E-state index contributed by atoms with van der Waals surface area (Å²) in [5, 5.41) is 9.41. The first kappa shape index (κ1) is 13.1. The van der Waals surface area contributed by atoms with Gasteiger partial charge in [-0.2, -0.15) is 13.2 Å². The van der Waals surface area contributed by atoms with Gasteiger partial charge in [-0.1, -0.05) is 0 Å². The zero-order valence-electron chi connectivity index (χ0n) is 9.70. The summed E-state index contributed by atoms with van der Waals surface area (Å²) in [5.74, 6) is 1.02. The maximum atomic E-state index is 12.2. The normalized spacial score (nSPS) is 15.7. The van der Waals surface area contributed by atoms with Crippen LogP contribution < -0.4 is 5.32 Å². The predicted octanol–water partition coefficient (Wildman–Crippen LogP) is 2.33. The van der Waals surface area contributed by atoms with Crippen molar-refractivity contribution in [3.8, 4) is 0 Å². The fourth-order valence-electron chi connectivity index (χ4n) is 1.36. The third kappa shape index (κ3) is 4.14. The minimum atomic E-state index is -4.45. The molecule has 18 heavy (non-hydrogen) atoms. The van der Waals surface area contributed by atoms with E-state index in [1.54, 1.807) is 0 Å². The number of aromatic nitrogens is 2. The van der Waals surface area contributed by atoms with E-state index in [0.717, 1.165) is 12.7 Å². The van der Waals surface area contributed by atoms with Gasteiger partial charge in [-0.3, -0.25) is 0 Å². The van der Waals surface area contributed by atoms with Gasteiger partial charge < -0.3 is 10.1 Å². The van der Waals surface area contributed by atoms with Gasteiger partial charge in [-0.05, 0) is 30.9 Å². The number of ether oxygens (including phenoxy) is 1. The minimum absolute atomic E-state index is 0.318. The van der Waals surface area contributed by atoms with E-state index in [2.05, 4.69) is 15.5 Å². The molecule has 0 amide bonds. The van der Waals surface area contributed by atoms with Gasteiger partial charge in [0.05, 0.1) is 6.61 Å². The maximum Gasteiger partial charge on any atom is 0.435 e. The highest BCUT2D eigenvalue weighted by Gasteiger charge is 2.32. The fraction of sp³-hybridized carbons (Fsp3) is 0.636. The van der Waals surface area contributed by atoms with Crippen LogP contribution in [0.1, 0.15) is 18.5 Å². The van der Waals surface area contributed by atoms with Crippen molar-refractivity contribution < 1.29 is 17.9 Å². The molecule has 0 atom stereocenters. The highest BCUT2D eigenvalue weighted by atomic mass is 19.4. The van der Waals surface area contributed by atoms with Crippen LogP contribution in [-0.2, 0) is 10.9 Å². The van der Waals surface area contributed by atoms with Crippen LogP contribution in [0.5, 0.6) is 0 Å². The van der Waals surface area contributed by atoms with Gasteiger partial charge in [0, 0.05) is 13.2 Å². The molecule has 1 N–H and O–H groups in total. The molecule has 0 unspecified atom stereocenters. The van der Waals surface area contributed by atoms with E-state index in [0.29, 0.717) is 24.9 Å². The van der Waals surface area contributed by atoms with Crippen molar-refractivity contribution in [1.82, 2.24) is 10.2 Å². The van der Waals surface area contributed by atoms with Gasteiger partial charge in [-0.25, -0.2) is 0 Å². The fourth-order valence-corrected chi connectivity index (χ4v) is 1.36. The number of hydrogen-bond donors (Lipinski definition) is 1. The molecule has 1 heterocycles. The van der Waals surface area contributed by atoms with Crippen molar-refractivity contribution in [2.75, 3.05) is 25.1 Å². The summed E-state index contributed by atoms with van der Waals surface area (Å²) in [6.45, 7) is 1.78. The van der Waals surface area contributed by atoms with E-state index >= 15 is 0 Å². The number of nitrogens with one attached hydrogen (secondary N) is 1. The lowest BCUT2D eigenvalue weighted by Crippen LogP contribution is -2.13. The van der Waals surface area contributed by atoms with E-state index in [-0.39, 0.29) is 0 Å². The van der Waals surface area contributed by atoms with Gasteiger partial charge in [0.25, 0.3) is 0 Å². The highest BCUT2D eigenvalue weighted by Crippen LogP contribution is 2.28. The Kier molecular flexibility index (Phi) is 4.00. The average molecular weight is 261 g/mol. The van der Waals surface area contributed by atoms with Crippen molar-refractivity contribution >= 4 is 5.82 Å². The second kappa shape index (κ2) is 5.51. The van der Waals surface area contributed by atoms with Gasteiger partial charge >= 0.3 is 6.18 Å². The Hall–Kier alpha value is -1.37. The first-order valence-corrected chi connectivity index (χ1v) is 5.78. The first-order valence-electron chi connectivity index (χ1n) is 5.78. The molecule has 0 bridgehead atoms. The summed E-state index contributed by atoms with van der Waals surface area (Å²) >= 11 is 0. The van der Waals surface area contributed by atoms with E-state index in [1.807, 2.05) is 0 Å². The molecule has 0 aliphatic heterocycles. The van der Waals surface area contributed by atoms with Crippen LogP contribution in [0.4, 0.5) is 19.0 Å². The standard InChI is InChI=1S/C11H14F3N3O/c12-11(13,14)9-3-4-10(17-16-9)15-5-6-18-7-8-1-2-8/h3-4,8H,1-2,5-7H2,(H,15,17). The molecular formula is C11H14F3N3O. The van der Waals surface area contributed by atoms with Crippen LogP contribution in [0.25, 0.3) is 0 Å². The number of rotatable bonds is 6. The molecule has 2 rings (SSSR count). The van der Waals surface area contributed by atoms with E-state index in [4.69, 9.17) is 4.74 Å². The molecule has 0 spiro atoms. The molecule has 0 aromatic carbocycles. The van der Waals surface area contributed by atoms with Gasteiger partial charge in [0.1, 0.15) is 5.82 Å². The Morgan fingerprint density at radius 2 is 2.06 bits per heavy atom. The molecule has 1 aliphatic carbocycles. The monoisotopic (exact) mass is 261 g/mol. The Morgan fingerprint density at radius 1 is 1.28 bits per heavy atom. The van der Waals surface area contributed by atoms with Crippen LogP contribution in [0.2, 0.25) is 0 Å². The quantitative estimate of drug-likeness (QED) is 0.798. The minimum Gasteiger partial charge on any atom is -0.379 e. The summed E-state index contributed by atoms with van der Waals surface area (Å²) in [4.78, 5) is 0. The summed E-state index contributed by atoms with van der Waals surface area (Å²) in [7, 11) is 0. The molecule has 100 valence electrons. The lowest BCUT2D eigenvalue weighted by Gasteiger charge is -2.07. The van der Waals surface area contributed by atoms with E-state index in [9.17, 15) is 13.2 Å². The number of halogens is 3. The molecule has 1 saturated carbocycles. The molecule has 4 nitrogen and oxygen atoms in total. The summed E-state index contributed by atoms with van der Waals surface area (Å²) in [6, 6.07) is 2.16. The molecule has 7 heteroatoms. The Balaban J connectivity index is 1.69. The molecule has 0 radical (unpaired) electrons. The van der Waals surface area contributed by atoms with Crippen LogP contribution in [-0.4, -0.2) is 30.0 Å². The average Bonchev–Trinajstić information content (AvgIpc) is 3.12. The highest BCUT2D eigenvalue weighted by molar-refractivity contribution is 5.33. The Labute approximate surface area is 103 Å². The molecule has 1 fully saturated rings. The Morgan fingerprint density at radius 3 is 2.61 bits per heavy atom. The largest absolute Gasteiger partial charge is 0.435 e. The zero-order valence-corrected chi connectivity index (χ0v) is 9.70. The number of hydrogen-bond acceptors (Lipinski definition) is 4.